The summed E-state index contributed by atoms with van der Waals surface area (Å²) in [6.45, 7) is 5.36. The molecule has 1 aromatic carbocycles. The molecule has 3 aliphatic carbocycles. The van der Waals surface area contributed by atoms with Crippen molar-refractivity contribution in [1.82, 2.24) is 25.0 Å². The molecular formula is C33H48N6O2S. The van der Waals surface area contributed by atoms with Gasteiger partial charge in [0.15, 0.2) is 0 Å². The molecule has 1 amide bonds. The monoisotopic (exact) mass is 592 g/mol. The average molecular weight is 593 g/mol. The Morgan fingerprint density at radius 3 is 2.31 bits per heavy atom. The van der Waals surface area contributed by atoms with Crippen molar-refractivity contribution < 1.29 is 9.53 Å². The molecule has 3 fully saturated rings. The SMILES string of the molecule is Cc1nn(COCCS(C)(C)C)c(C)c1-c1ccc(NC(=O)C(c2nnc(C3CCCC3)[nH]2)C(C2CC2)C2CC2)cc1. The van der Waals surface area contributed by atoms with Crippen molar-refractivity contribution in [2.75, 3.05) is 36.4 Å². The van der Waals surface area contributed by atoms with Gasteiger partial charge in [0.2, 0.25) is 5.91 Å². The quantitative estimate of drug-likeness (QED) is 0.214. The van der Waals surface area contributed by atoms with Crippen LogP contribution in [0.15, 0.2) is 24.3 Å². The number of H-pyrrole nitrogens is 1. The molecule has 3 aromatic rings. The molecule has 0 bridgehead atoms. The minimum atomic E-state index is -0.572. The van der Waals surface area contributed by atoms with Gasteiger partial charge in [-0.2, -0.15) is 5.10 Å². The Morgan fingerprint density at radius 1 is 1.02 bits per heavy atom. The maximum Gasteiger partial charge on any atom is 0.235 e. The molecule has 0 aliphatic heterocycles. The lowest BCUT2D eigenvalue weighted by molar-refractivity contribution is -0.119. The van der Waals surface area contributed by atoms with E-state index in [1.54, 1.807) is 0 Å². The molecule has 0 saturated heterocycles. The number of aromatic amines is 1. The van der Waals surface area contributed by atoms with Crippen LogP contribution in [0, 0.1) is 31.6 Å². The average Bonchev–Trinajstić information content (AvgIpc) is 3.83. The van der Waals surface area contributed by atoms with Crippen LogP contribution in [0.2, 0.25) is 0 Å². The summed E-state index contributed by atoms with van der Waals surface area (Å²) in [5.41, 5.74) is 5.10. The fraction of sp³-hybridized carbons (Fsp3) is 0.636. The lowest BCUT2D eigenvalue weighted by Crippen LogP contribution is -2.31. The number of aryl methyl sites for hydroxylation is 1. The predicted octanol–water partition coefficient (Wildman–Crippen LogP) is 6.77. The number of nitrogens with zero attached hydrogens (tertiary/aromatic N) is 4. The van der Waals surface area contributed by atoms with E-state index < -0.39 is 10.0 Å². The largest absolute Gasteiger partial charge is 0.358 e. The first-order chi connectivity index (χ1) is 20.2. The van der Waals surface area contributed by atoms with Crippen LogP contribution in [0.25, 0.3) is 11.1 Å². The highest BCUT2D eigenvalue weighted by Gasteiger charge is 2.49. The molecule has 1 unspecified atom stereocenters. The summed E-state index contributed by atoms with van der Waals surface area (Å²) in [6, 6.07) is 8.19. The summed E-state index contributed by atoms with van der Waals surface area (Å²) in [6.07, 6.45) is 16.6. The molecule has 0 radical (unpaired) electrons. The second-order valence-corrected chi connectivity index (χ2v) is 18.3. The molecular weight excluding hydrogens is 544 g/mol. The number of amides is 1. The molecule has 8 nitrogen and oxygen atoms in total. The molecule has 228 valence electrons. The topological polar surface area (TPSA) is 97.7 Å². The van der Waals surface area contributed by atoms with Crippen LogP contribution < -0.4 is 5.32 Å². The maximum atomic E-state index is 14.0. The van der Waals surface area contributed by atoms with Crippen molar-refractivity contribution in [3.63, 3.8) is 0 Å². The molecule has 6 rings (SSSR count). The van der Waals surface area contributed by atoms with Crippen LogP contribution in [0.3, 0.4) is 0 Å². The number of hydrogen-bond donors (Lipinski definition) is 2. The minimum Gasteiger partial charge on any atom is -0.358 e. The summed E-state index contributed by atoms with van der Waals surface area (Å²) < 4.78 is 7.91. The lowest BCUT2D eigenvalue weighted by Gasteiger charge is -2.25. The van der Waals surface area contributed by atoms with Crippen molar-refractivity contribution in [2.45, 2.75) is 83.8 Å². The number of nitrogens with one attached hydrogen (secondary N) is 2. The van der Waals surface area contributed by atoms with Gasteiger partial charge in [-0.1, -0.05) is 25.0 Å². The summed E-state index contributed by atoms with van der Waals surface area (Å²) in [7, 11) is -0.572. The van der Waals surface area contributed by atoms with E-state index in [0.717, 1.165) is 65.1 Å². The molecule has 2 aromatic heterocycles. The number of benzene rings is 1. The third-order valence-electron chi connectivity index (χ3n) is 9.43. The maximum absolute atomic E-state index is 14.0. The summed E-state index contributed by atoms with van der Waals surface area (Å²) in [5, 5.41) is 17.2. The molecule has 0 spiro atoms. The number of aromatic nitrogens is 5. The first-order valence-electron chi connectivity index (χ1n) is 15.8. The first-order valence-corrected chi connectivity index (χ1v) is 18.8. The van der Waals surface area contributed by atoms with Gasteiger partial charge in [-0.05, 0) is 107 Å². The third kappa shape index (κ3) is 6.77. The van der Waals surface area contributed by atoms with Gasteiger partial charge in [0, 0.05) is 28.6 Å². The number of anilines is 1. The minimum absolute atomic E-state index is 0.0371. The van der Waals surface area contributed by atoms with Crippen LogP contribution in [-0.4, -0.2) is 62.0 Å². The van der Waals surface area contributed by atoms with Crippen LogP contribution in [0.1, 0.15) is 86.2 Å². The Balaban J connectivity index is 1.16. The zero-order valence-electron chi connectivity index (χ0n) is 26.0. The van der Waals surface area contributed by atoms with E-state index in [9.17, 15) is 4.79 Å². The Labute approximate surface area is 252 Å². The highest BCUT2D eigenvalue weighted by atomic mass is 32.3. The Bertz CT molecular complexity index is 1360. The van der Waals surface area contributed by atoms with Gasteiger partial charge in [-0.15, -0.1) is 10.2 Å². The van der Waals surface area contributed by atoms with E-state index in [2.05, 4.69) is 58.3 Å². The molecule has 3 aliphatic rings. The second-order valence-electron chi connectivity index (χ2n) is 13.8. The lowest BCUT2D eigenvalue weighted by atomic mass is 9.82. The fourth-order valence-electron chi connectivity index (χ4n) is 6.83. The molecule has 42 heavy (non-hydrogen) atoms. The Morgan fingerprint density at radius 2 is 1.69 bits per heavy atom. The van der Waals surface area contributed by atoms with Gasteiger partial charge in [0.05, 0.1) is 12.3 Å². The number of rotatable bonds is 13. The van der Waals surface area contributed by atoms with Gasteiger partial charge in [-0.3, -0.25) is 4.79 Å². The van der Waals surface area contributed by atoms with Gasteiger partial charge >= 0.3 is 0 Å². The van der Waals surface area contributed by atoms with Crippen LogP contribution in [-0.2, 0) is 16.3 Å². The van der Waals surface area contributed by atoms with Gasteiger partial charge in [-0.25, -0.2) is 14.7 Å². The standard InChI is InChI=1S/C33H48N6O2S/c1-21-28(22(2)39(38-21)20-41-18-19-42(3,4)5)23-14-16-27(17-15-23)34-33(40)30(29(24-10-11-24)25-12-13-25)32-35-31(36-37-32)26-8-6-7-9-26/h14-17,24-26,29-30H,6-13,18-20H2,1-5H3,(H,34,40)(H,35,36,37). The van der Waals surface area contributed by atoms with Crippen LogP contribution in [0.5, 0.6) is 0 Å². The molecule has 2 N–H and O–H groups in total. The zero-order valence-corrected chi connectivity index (χ0v) is 26.8. The molecule has 2 heterocycles. The van der Waals surface area contributed by atoms with Crippen molar-refractivity contribution in [1.29, 1.82) is 0 Å². The van der Waals surface area contributed by atoms with E-state index in [4.69, 9.17) is 9.84 Å². The Kier molecular flexibility index (Phi) is 8.51. The highest BCUT2D eigenvalue weighted by molar-refractivity contribution is 8.32. The van der Waals surface area contributed by atoms with Gasteiger partial charge < -0.3 is 15.0 Å². The normalized spacial score (nSPS) is 19.0. The number of ether oxygens (including phenoxy) is 1. The predicted molar refractivity (Wildman–Crippen MR) is 171 cm³/mol. The van der Waals surface area contributed by atoms with Gasteiger partial charge in [0.1, 0.15) is 24.3 Å². The van der Waals surface area contributed by atoms with E-state index in [1.165, 1.54) is 38.5 Å². The van der Waals surface area contributed by atoms with Crippen molar-refractivity contribution >= 4 is 21.6 Å². The van der Waals surface area contributed by atoms with Crippen LogP contribution >= 0.6 is 10.0 Å². The van der Waals surface area contributed by atoms with E-state index in [0.29, 0.717) is 30.4 Å². The highest BCUT2D eigenvalue weighted by Crippen LogP contribution is 2.54. The number of carbonyl (C=O) groups is 1. The smallest absolute Gasteiger partial charge is 0.235 e. The number of carbonyl (C=O) groups excluding carboxylic acids is 1. The molecule has 9 heteroatoms. The van der Waals surface area contributed by atoms with Crippen molar-refractivity contribution in [2.24, 2.45) is 17.8 Å². The number of hydrogen-bond acceptors (Lipinski definition) is 5. The molecule has 3 saturated carbocycles. The van der Waals surface area contributed by atoms with Gasteiger partial charge in [0.25, 0.3) is 0 Å². The fourth-order valence-corrected chi connectivity index (χ4v) is 7.44. The second kappa shape index (κ2) is 12.2. The summed E-state index contributed by atoms with van der Waals surface area (Å²) in [5.74, 6) is 4.63. The van der Waals surface area contributed by atoms with Crippen LogP contribution in [0.4, 0.5) is 5.69 Å². The van der Waals surface area contributed by atoms with Crippen molar-refractivity contribution in [3.8, 4) is 11.1 Å². The van der Waals surface area contributed by atoms with E-state index in [1.807, 2.05) is 23.7 Å². The van der Waals surface area contributed by atoms with Crippen molar-refractivity contribution in [3.05, 3.63) is 47.3 Å². The summed E-state index contributed by atoms with van der Waals surface area (Å²) >= 11 is 0. The first kappa shape index (κ1) is 29.4. The van der Waals surface area contributed by atoms with E-state index in [-0.39, 0.29) is 11.8 Å². The third-order valence-corrected chi connectivity index (χ3v) is 10.8. The molecule has 1 atom stereocenters. The van der Waals surface area contributed by atoms with E-state index >= 15 is 0 Å². The zero-order chi connectivity index (χ0) is 29.4. The summed E-state index contributed by atoms with van der Waals surface area (Å²) in [4.78, 5) is 17.5. The Hall–Kier alpha value is -2.65.